The van der Waals surface area contributed by atoms with Gasteiger partial charge < -0.3 is 14.3 Å². The molecule has 8 heteroatoms. The van der Waals surface area contributed by atoms with Gasteiger partial charge in [-0.05, 0) is 30.3 Å². The molecule has 1 fully saturated rings. The molecular weight excluding hydrogens is 388 g/mol. The Labute approximate surface area is 170 Å². The molecule has 0 saturated carbocycles. The summed E-state index contributed by atoms with van der Waals surface area (Å²) in [6, 6.07) is 16.4. The molecule has 0 radical (unpaired) electrons. The van der Waals surface area contributed by atoms with Crippen LogP contribution >= 0.6 is 0 Å². The van der Waals surface area contributed by atoms with Crippen LogP contribution in [0.1, 0.15) is 16.1 Å². The third-order valence-electron chi connectivity index (χ3n) is 4.44. The van der Waals surface area contributed by atoms with E-state index in [2.05, 4.69) is 5.32 Å². The number of carboxylic acid groups (broad SMARTS) is 1. The Morgan fingerprint density at radius 1 is 0.933 bits per heavy atom. The van der Waals surface area contributed by atoms with Crippen LogP contribution in [0.5, 0.6) is 0 Å². The SMILES string of the molecule is O=C1NC(=O)N(c2ccccc2)C(=O)/C1=C/c1ccc(-c2ccccc2C(=O)[O-])o1. The quantitative estimate of drug-likeness (QED) is 0.527. The minimum atomic E-state index is -1.36. The zero-order valence-electron chi connectivity index (χ0n) is 15.3. The van der Waals surface area contributed by atoms with Gasteiger partial charge in [0.25, 0.3) is 11.8 Å². The fourth-order valence-corrected chi connectivity index (χ4v) is 3.06. The minimum Gasteiger partial charge on any atom is -0.545 e. The standard InChI is InChI=1S/C22H14N2O6/c25-19-17(20(26)24(22(29)23-19)13-6-2-1-3-7-13)12-14-10-11-18(30-14)15-8-4-5-9-16(15)21(27)28/h1-12H,(H,27,28)(H,23,25,29)/p-1/b17-12+. The number of anilines is 1. The Balaban J connectivity index is 1.70. The van der Waals surface area contributed by atoms with Gasteiger partial charge in [0.2, 0.25) is 0 Å². The number of imide groups is 2. The lowest BCUT2D eigenvalue weighted by Gasteiger charge is -2.26. The molecule has 1 aliphatic rings. The predicted molar refractivity (Wildman–Crippen MR) is 104 cm³/mol. The first-order valence-electron chi connectivity index (χ1n) is 8.83. The highest BCUT2D eigenvalue weighted by atomic mass is 16.4. The van der Waals surface area contributed by atoms with Gasteiger partial charge in [0, 0.05) is 11.1 Å². The molecule has 1 saturated heterocycles. The molecule has 4 amide bonds. The predicted octanol–water partition coefficient (Wildman–Crippen LogP) is 1.98. The van der Waals surface area contributed by atoms with Crippen LogP contribution in [-0.4, -0.2) is 23.8 Å². The van der Waals surface area contributed by atoms with E-state index in [1.165, 1.54) is 24.3 Å². The summed E-state index contributed by atoms with van der Waals surface area (Å²) >= 11 is 0. The summed E-state index contributed by atoms with van der Waals surface area (Å²) in [5.41, 5.74) is 0.245. The highest BCUT2D eigenvalue weighted by Gasteiger charge is 2.36. The fraction of sp³-hybridized carbons (Fsp3) is 0. The van der Waals surface area contributed by atoms with Crippen LogP contribution in [0.2, 0.25) is 0 Å². The molecule has 0 unspecified atom stereocenters. The first-order chi connectivity index (χ1) is 14.5. The van der Waals surface area contributed by atoms with E-state index in [1.54, 1.807) is 48.5 Å². The lowest BCUT2D eigenvalue weighted by atomic mass is 10.1. The summed E-state index contributed by atoms with van der Waals surface area (Å²) in [7, 11) is 0. The maximum Gasteiger partial charge on any atom is 0.335 e. The number of carbonyl (C=O) groups excluding carboxylic acids is 4. The monoisotopic (exact) mass is 401 g/mol. The topological polar surface area (TPSA) is 120 Å². The number of hydrogen-bond acceptors (Lipinski definition) is 6. The van der Waals surface area contributed by atoms with Crippen LogP contribution in [0.15, 0.2) is 76.7 Å². The normalized spacial score (nSPS) is 15.4. The third kappa shape index (κ3) is 3.37. The maximum atomic E-state index is 12.8. The molecule has 0 aliphatic carbocycles. The molecule has 1 N–H and O–H groups in total. The van der Waals surface area contributed by atoms with Crippen molar-refractivity contribution in [3.63, 3.8) is 0 Å². The summed E-state index contributed by atoms with van der Waals surface area (Å²) in [6.45, 7) is 0. The average Bonchev–Trinajstić information content (AvgIpc) is 3.20. The number of barbiturate groups is 1. The van der Waals surface area contributed by atoms with Crippen molar-refractivity contribution in [1.82, 2.24) is 5.32 Å². The second-order valence-corrected chi connectivity index (χ2v) is 6.33. The zero-order chi connectivity index (χ0) is 21.3. The van der Waals surface area contributed by atoms with Gasteiger partial charge in [-0.25, -0.2) is 9.69 Å². The van der Waals surface area contributed by atoms with E-state index in [4.69, 9.17) is 4.42 Å². The van der Waals surface area contributed by atoms with Gasteiger partial charge in [-0.3, -0.25) is 14.9 Å². The molecule has 0 spiro atoms. The number of furan rings is 1. The van der Waals surface area contributed by atoms with Gasteiger partial charge in [-0.2, -0.15) is 0 Å². The largest absolute Gasteiger partial charge is 0.545 e. The van der Waals surface area contributed by atoms with E-state index in [0.717, 1.165) is 4.90 Å². The number of urea groups is 1. The van der Waals surface area contributed by atoms with E-state index in [0.29, 0.717) is 11.3 Å². The van der Waals surface area contributed by atoms with Crippen molar-refractivity contribution >= 4 is 35.6 Å². The van der Waals surface area contributed by atoms with Gasteiger partial charge in [0.1, 0.15) is 17.1 Å². The number of hydrogen-bond donors (Lipinski definition) is 1. The van der Waals surface area contributed by atoms with E-state index >= 15 is 0 Å². The van der Waals surface area contributed by atoms with Crippen molar-refractivity contribution in [1.29, 1.82) is 0 Å². The Kier molecular flexibility index (Phi) is 4.73. The smallest absolute Gasteiger partial charge is 0.335 e. The van der Waals surface area contributed by atoms with Crippen LogP contribution in [-0.2, 0) is 9.59 Å². The number of amides is 4. The summed E-state index contributed by atoms with van der Waals surface area (Å²) in [5, 5.41) is 13.4. The third-order valence-corrected chi connectivity index (χ3v) is 4.44. The van der Waals surface area contributed by atoms with Crippen molar-refractivity contribution in [3.8, 4) is 11.3 Å². The molecule has 2 heterocycles. The number of aromatic carboxylic acids is 1. The molecular formula is C22H13N2O6-. The Morgan fingerprint density at radius 3 is 2.37 bits per heavy atom. The number of para-hydroxylation sites is 1. The number of rotatable bonds is 4. The van der Waals surface area contributed by atoms with Crippen LogP contribution in [0.3, 0.4) is 0 Å². The highest BCUT2D eigenvalue weighted by molar-refractivity contribution is 6.39. The van der Waals surface area contributed by atoms with E-state index in [-0.39, 0.29) is 22.7 Å². The Morgan fingerprint density at radius 2 is 1.63 bits per heavy atom. The molecule has 1 aromatic heterocycles. The van der Waals surface area contributed by atoms with E-state index in [9.17, 15) is 24.3 Å². The number of nitrogens with zero attached hydrogens (tertiary/aromatic N) is 1. The van der Waals surface area contributed by atoms with Crippen molar-refractivity contribution in [2.24, 2.45) is 0 Å². The molecule has 1 aliphatic heterocycles. The lowest BCUT2D eigenvalue weighted by molar-refractivity contribution is -0.255. The molecule has 8 nitrogen and oxygen atoms in total. The fourth-order valence-electron chi connectivity index (χ4n) is 3.06. The highest BCUT2D eigenvalue weighted by Crippen LogP contribution is 2.27. The number of benzene rings is 2. The van der Waals surface area contributed by atoms with Crippen LogP contribution in [0, 0.1) is 0 Å². The van der Waals surface area contributed by atoms with Crippen molar-refractivity contribution in [2.75, 3.05) is 4.90 Å². The lowest BCUT2D eigenvalue weighted by Crippen LogP contribution is -2.54. The van der Waals surface area contributed by atoms with Gasteiger partial charge in [0.05, 0.1) is 11.7 Å². The Hall–Kier alpha value is -4.46. The minimum absolute atomic E-state index is 0.0570. The van der Waals surface area contributed by atoms with E-state index in [1.807, 2.05) is 0 Å². The average molecular weight is 401 g/mol. The Bertz CT molecular complexity index is 1210. The molecule has 0 atom stereocenters. The molecule has 4 rings (SSSR count). The number of nitrogens with one attached hydrogen (secondary N) is 1. The number of carboxylic acids is 1. The molecule has 0 bridgehead atoms. The van der Waals surface area contributed by atoms with Crippen LogP contribution in [0.4, 0.5) is 10.5 Å². The van der Waals surface area contributed by atoms with Gasteiger partial charge >= 0.3 is 6.03 Å². The molecule has 30 heavy (non-hydrogen) atoms. The molecule has 2 aromatic carbocycles. The van der Waals surface area contributed by atoms with Gasteiger partial charge in [0.15, 0.2) is 0 Å². The van der Waals surface area contributed by atoms with Crippen LogP contribution in [0.25, 0.3) is 17.4 Å². The zero-order valence-corrected chi connectivity index (χ0v) is 15.3. The van der Waals surface area contributed by atoms with Crippen molar-refractivity contribution < 1.29 is 28.7 Å². The van der Waals surface area contributed by atoms with Gasteiger partial charge in [-0.15, -0.1) is 0 Å². The second kappa shape index (κ2) is 7.51. The van der Waals surface area contributed by atoms with Gasteiger partial charge in [-0.1, -0.05) is 42.5 Å². The first kappa shape index (κ1) is 18.9. The summed E-state index contributed by atoms with van der Waals surface area (Å²) in [4.78, 5) is 49.4. The van der Waals surface area contributed by atoms with E-state index < -0.39 is 23.8 Å². The van der Waals surface area contributed by atoms with Crippen molar-refractivity contribution in [3.05, 3.63) is 83.6 Å². The van der Waals surface area contributed by atoms with Crippen molar-refractivity contribution in [2.45, 2.75) is 0 Å². The summed E-state index contributed by atoms with van der Waals surface area (Å²) in [6.07, 6.45) is 1.20. The second-order valence-electron chi connectivity index (χ2n) is 6.33. The first-order valence-corrected chi connectivity index (χ1v) is 8.83. The molecule has 3 aromatic rings. The van der Waals surface area contributed by atoms with Crippen LogP contribution < -0.4 is 15.3 Å². The maximum absolute atomic E-state index is 12.8. The number of carbonyl (C=O) groups is 4. The summed E-state index contributed by atoms with van der Waals surface area (Å²) < 4.78 is 5.62. The molecule has 148 valence electrons. The summed E-state index contributed by atoms with van der Waals surface area (Å²) in [5.74, 6) is -2.66.